The van der Waals surface area contributed by atoms with Crippen molar-refractivity contribution < 1.29 is 4.79 Å². The molecule has 4 heteroatoms. The molecule has 0 radical (unpaired) electrons. The zero-order valence-corrected chi connectivity index (χ0v) is 16.4. The molecule has 3 rings (SSSR count). The smallest absolute Gasteiger partial charge is 0.230 e. The van der Waals surface area contributed by atoms with E-state index < -0.39 is 0 Å². The van der Waals surface area contributed by atoms with Crippen molar-refractivity contribution in [2.75, 3.05) is 0 Å². The van der Waals surface area contributed by atoms with Gasteiger partial charge in [0.2, 0.25) is 5.91 Å². The first-order chi connectivity index (χ1) is 11.5. The highest BCUT2D eigenvalue weighted by Gasteiger charge is 2.43. The molecule has 0 heterocycles. The molecule has 1 aromatic carbocycles. The van der Waals surface area contributed by atoms with E-state index in [2.05, 4.69) is 43.4 Å². The Morgan fingerprint density at radius 3 is 2.16 bits per heavy atom. The fourth-order valence-electron chi connectivity index (χ4n) is 4.40. The van der Waals surface area contributed by atoms with Crippen LogP contribution in [0.5, 0.6) is 0 Å². The lowest BCUT2D eigenvalue weighted by Gasteiger charge is -2.33. The summed E-state index contributed by atoms with van der Waals surface area (Å²) < 4.78 is 0. The number of benzene rings is 1. The van der Waals surface area contributed by atoms with Gasteiger partial charge in [-0.3, -0.25) is 4.79 Å². The highest BCUT2D eigenvalue weighted by Crippen LogP contribution is 2.42. The summed E-state index contributed by atoms with van der Waals surface area (Å²) >= 11 is 0. The van der Waals surface area contributed by atoms with Crippen molar-refractivity contribution in [1.82, 2.24) is 5.32 Å². The fraction of sp³-hybridized carbons (Fsp3) is 0.667. The molecule has 2 saturated carbocycles. The Bertz CT molecular complexity index is 556. The molecule has 2 aliphatic carbocycles. The molecule has 0 saturated heterocycles. The Morgan fingerprint density at radius 2 is 1.64 bits per heavy atom. The van der Waals surface area contributed by atoms with E-state index >= 15 is 0 Å². The van der Waals surface area contributed by atoms with E-state index in [0.717, 1.165) is 51.4 Å². The van der Waals surface area contributed by atoms with Gasteiger partial charge in [0.15, 0.2) is 0 Å². The maximum Gasteiger partial charge on any atom is 0.230 e. The lowest BCUT2D eigenvalue weighted by atomic mass is 9.77. The Labute approximate surface area is 158 Å². The van der Waals surface area contributed by atoms with Gasteiger partial charge in [0, 0.05) is 12.1 Å². The minimum atomic E-state index is -0.310. The number of rotatable bonds is 4. The number of amides is 1. The van der Waals surface area contributed by atoms with Crippen LogP contribution in [0.25, 0.3) is 0 Å². The first-order valence-corrected chi connectivity index (χ1v) is 9.68. The summed E-state index contributed by atoms with van der Waals surface area (Å²) in [5.41, 5.74) is 8.23. The lowest BCUT2D eigenvalue weighted by molar-refractivity contribution is -0.127. The van der Waals surface area contributed by atoms with Crippen molar-refractivity contribution in [3.05, 3.63) is 35.4 Å². The van der Waals surface area contributed by atoms with Gasteiger partial charge in [-0.15, -0.1) is 12.4 Å². The third-order valence-corrected chi connectivity index (χ3v) is 6.13. The van der Waals surface area contributed by atoms with E-state index in [-0.39, 0.29) is 23.7 Å². The predicted molar refractivity (Wildman–Crippen MR) is 106 cm³/mol. The standard InChI is InChI=1S/C21H32N2O.ClH/c1-15(2)16-5-7-17(8-6-16)21(13-3-4-14-21)20(24)23-19-11-9-18(22)10-12-19;/h5-8,15,18-19H,3-4,9-14,22H2,1-2H3,(H,23,24);1H. The summed E-state index contributed by atoms with van der Waals surface area (Å²) in [5, 5.41) is 3.36. The monoisotopic (exact) mass is 364 g/mol. The van der Waals surface area contributed by atoms with E-state index in [1.165, 1.54) is 11.1 Å². The van der Waals surface area contributed by atoms with Crippen LogP contribution in [-0.4, -0.2) is 18.0 Å². The lowest BCUT2D eigenvalue weighted by Crippen LogP contribution is -2.48. The zero-order valence-electron chi connectivity index (χ0n) is 15.6. The molecule has 0 bridgehead atoms. The summed E-state index contributed by atoms with van der Waals surface area (Å²) in [6.07, 6.45) is 8.36. The molecular weight excluding hydrogens is 332 g/mol. The van der Waals surface area contributed by atoms with Crippen LogP contribution in [0.4, 0.5) is 0 Å². The minimum absolute atomic E-state index is 0. The molecule has 1 amide bonds. The van der Waals surface area contributed by atoms with E-state index in [1.54, 1.807) is 0 Å². The maximum absolute atomic E-state index is 13.2. The van der Waals surface area contributed by atoms with Crippen molar-refractivity contribution in [2.45, 2.75) is 88.6 Å². The molecule has 0 atom stereocenters. The third kappa shape index (κ3) is 4.38. The Kier molecular flexibility index (Phi) is 6.93. The van der Waals surface area contributed by atoms with Gasteiger partial charge >= 0.3 is 0 Å². The van der Waals surface area contributed by atoms with Gasteiger partial charge in [0.05, 0.1) is 5.41 Å². The van der Waals surface area contributed by atoms with E-state index in [4.69, 9.17) is 5.73 Å². The van der Waals surface area contributed by atoms with E-state index in [9.17, 15) is 4.79 Å². The van der Waals surface area contributed by atoms with Crippen LogP contribution in [-0.2, 0) is 10.2 Å². The first-order valence-electron chi connectivity index (χ1n) is 9.68. The number of hydrogen-bond acceptors (Lipinski definition) is 2. The molecule has 0 spiro atoms. The average molecular weight is 365 g/mol. The van der Waals surface area contributed by atoms with Crippen LogP contribution >= 0.6 is 12.4 Å². The molecule has 0 aliphatic heterocycles. The summed E-state index contributed by atoms with van der Waals surface area (Å²) in [4.78, 5) is 13.2. The normalized spacial score (nSPS) is 25.4. The topological polar surface area (TPSA) is 55.1 Å². The molecule has 3 N–H and O–H groups in total. The van der Waals surface area contributed by atoms with Crippen molar-refractivity contribution in [3.63, 3.8) is 0 Å². The molecule has 140 valence electrons. The number of carbonyl (C=O) groups excluding carboxylic acids is 1. The Morgan fingerprint density at radius 1 is 1.08 bits per heavy atom. The van der Waals surface area contributed by atoms with Crippen LogP contribution in [0.1, 0.15) is 82.3 Å². The molecular formula is C21H33ClN2O. The summed E-state index contributed by atoms with van der Waals surface area (Å²) in [6.45, 7) is 4.42. The molecule has 25 heavy (non-hydrogen) atoms. The van der Waals surface area contributed by atoms with Gasteiger partial charge in [-0.25, -0.2) is 0 Å². The van der Waals surface area contributed by atoms with E-state index in [0.29, 0.717) is 18.0 Å². The maximum atomic E-state index is 13.2. The van der Waals surface area contributed by atoms with Crippen molar-refractivity contribution in [2.24, 2.45) is 5.73 Å². The third-order valence-electron chi connectivity index (χ3n) is 6.13. The average Bonchev–Trinajstić information content (AvgIpc) is 3.08. The van der Waals surface area contributed by atoms with Gasteiger partial charge in [0.25, 0.3) is 0 Å². The highest BCUT2D eigenvalue weighted by molar-refractivity contribution is 5.88. The number of nitrogens with two attached hydrogens (primary N) is 1. The second-order valence-corrected chi connectivity index (χ2v) is 8.15. The Hall–Kier alpha value is -1.06. The SMILES string of the molecule is CC(C)c1ccc(C2(C(=O)NC3CCC(N)CC3)CCCC2)cc1.Cl. The van der Waals surface area contributed by atoms with Crippen LogP contribution in [0.15, 0.2) is 24.3 Å². The molecule has 0 aromatic heterocycles. The molecule has 1 aromatic rings. The summed E-state index contributed by atoms with van der Waals surface area (Å²) in [7, 11) is 0. The van der Waals surface area contributed by atoms with E-state index in [1.807, 2.05) is 0 Å². The second kappa shape index (κ2) is 8.55. The van der Waals surface area contributed by atoms with Crippen molar-refractivity contribution >= 4 is 18.3 Å². The molecule has 2 fully saturated rings. The fourth-order valence-corrected chi connectivity index (χ4v) is 4.40. The summed E-state index contributed by atoms with van der Waals surface area (Å²) in [5.74, 6) is 0.775. The van der Waals surface area contributed by atoms with Gasteiger partial charge in [0.1, 0.15) is 0 Å². The Balaban J connectivity index is 0.00000225. The number of carbonyl (C=O) groups is 1. The predicted octanol–water partition coefficient (Wildman–Crippen LogP) is 4.43. The van der Waals surface area contributed by atoms with Gasteiger partial charge in [-0.2, -0.15) is 0 Å². The van der Waals surface area contributed by atoms with Crippen LogP contribution < -0.4 is 11.1 Å². The quantitative estimate of drug-likeness (QED) is 0.830. The minimum Gasteiger partial charge on any atom is -0.353 e. The largest absolute Gasteiger partial charge is 0.353 e. The van der Waals surface area contributed by atoms with Crippen molar-refractivity contribution in [1.29, 1.82) is 0 Å². The highest BCUT2D eigenvalue weighted by atomic mass is 35.5. The number of nitrogens with one attached hydrogen (secondary N) is 1. The number of hydrogen-bond donors (Lipinski definition) is 2. The molecule has 2 aliphatic rings. The van der Waals surface area contributed by atoms with Crippen LogP contribution in [0.3, 0.4) is 0 Å². The first kappa shape index (κ1) is 20.3. The second-order valence-electron chi connectivity index (χ2n) is 8.15. The van der Waals surface area contributed by atoms with Crippen LogP contribution in [0.2, 0.25) is 0 Å². The summed E-state index contributed by atoms with van der Waals surface area (Å²) in [6, 6.07) is 9.42. The zero-order chi connectivity index (χ0) is 17.2. The molecule has 0 unspecified atom stereocenters. The van der Waals surface area contributed by atoms with Gasteiger partial charge in [-0.1, -0.05) is 51.0 Å². The number of halogens is 1. The van der Waals surface area contributed by atoms with Crippen molar-refractivity contribution in [3.8, 4) is 0 Å². The molecule has 3 nitrogen and oxygen atoms in total. The van der Waals surface area contributed by atoms with Gasteiger partial charge < -0.3 is 11.1 Å². The van der Waals surface area contributed by atoms with Crippen LogP contribution in [0, 0.1) is 0 Å². The van der Waals surface area contributed by atoms with Gasteiger partial charge in [-0.05, 0) is 55.6 Å².